The summed E-state index contributed by atoms with van der Waals surface area (Å²) in [4.78, 5) is 12.5. The van der Waals surface area contributed by atoms with Crippen LogP contribution in [-0.4, -0.2) is 19.5 Å². The molecule has 0 amide bonds. The Kier molecular flexibility index (Phi) is 3.12. The lowest BCUT2D eigenvalue weighted by Crippen LogP contribution is -2.06. The standard InChI is InChI=1S/C17H14N6/c18-15-16(20-10-21-17(15)23-9-8-19-11-23)22-14-7-3-5-12-4-1-2-6-13(12)14/h1-11H,18H2,(H,20,21,22). The molecular formula is C17H14N6. The van der Waals surface area contributed by atoms with Crippen LogP contribution in [0.15, 0.2) is 67.5 Å². The largest absolute Gasteiger partial charge is 0.393 e. The highest BCUT2D eigenvalue weighted by atomic mass is 15.1. The zero-order valence-electron chi connectivity index (χ0n) is 12.2. The van der Waals surface area contributed by atoms with Crippen LogP contribution in [0.25, 0.3) is 16.6 Å². The average molecular weight is 302 g/mol. The molecule has 4 rings (SSSR count). The molecule has 6 nitrogen and oxygen atoms in total. The van der Waals surface area contributed by atoms with Crippen molar-refractivity contribution in [3.8, 4) is 5.82 Å². The maximum Gasteiger partial charge on any atom is 0.166 e. The fraction of sp³-hybridized carbons (Fsp3) is 0. The number of anilines is 3. The van der Waals surface area contributed by atoms with Gasteiger partial charge in [0.15, 0.2) is 11.6 Å². The molecule has 0 bridgehead atoms. The highest BCUT2D eigenvalue weighted by Gasteiger charge is 2.10. The predicted octanol–water partition coefficient (Wildman–Crippen LogP) is 3.14. The molecule has 6 heteroatoms. The van der Waals surface area contributed by atoms with Gasteiger partial charge in [-0.1, -0.05) is 36.4 Å². The van der Waals surface area contributed by atoms with Gasteiger partial charge in [0.2, 0.25) is 0 Å². The van der Waals surface area contributed by atoms with Gasteiger partial charge in [-0.05, 0) is 11.5 Å². The maximum absolute atomic E-state index is 6.23. The van der Waals surface area contributed by atoms with Gasteiger partial charge in [0, 0.05) is 23.5 Å². The molecule has 0 atom stereocenters. The number of nitrogens with two attached hydrogens (primary N) is 1. The number of rotatable bonds is 3. The summed E-state index contributed by atoms with van der Waals surface area (Å²) in [6.07, 6.45) is 6.61. The summed E-state index contributed by atoms with van der Waals surface area (Å²) in [5, 5.41) is 5.57. The van der Waals surface area contributed by atoms with Crippen molar-refractivity contribution in [2.75, 3.05) is 11.1 Å². The first kappa shape index (κ1) is 13.3. The SMILES string of the molecule is Nc1c(Nc2cccc3ccccc23)ncnc1-n1ccnc1. The van der Waals surface area contributed by atoms with E-state index in [0.29, 0.717) is 17.3 Å². The number of imidazole rings is 1. The quantitative estimate of drug-likeness (QED) is 0.607. The van der Waals surface area contributed by atoms with Crippen molar-refractivity contribution in [2.45, 2.75) is 0 Å². The second-order valence-electron chi connectivity index (χ2n) is 5.08. The number of nitrogens with one attached hydrogen (secondary N) is 1. The first-order valence-corrected chi connectivity index (χ1v) is 7.16. The number of nitrogen functional groups attached to an aromatic ring is 1. The van der Waals surface area contributed by atoms with E-state index in [2.05, 4.69) is 38.5 Å². The van der Waals surface area contributed by atoms with E-state index in [1.54, 1.807) is 23.3 Å². The number of hydrogen-bond acceptors (Lipinski definition) is 5. The van der Waals surface area contributed by atoms with E-state index in [1.807, 2.05) is 24.3 Å². The third-order valence-corrected chi connectivity index (χ3v) is 3.65. The summed E-state index contributed by atoms with van der Waals surface area (Å²) in [5.74, 6) is 1.17. The van der Waals surface area contributed by atoms with E-state index in [4.69, 9.17) is 5.73 Å². The maximum atomic E-state index is 6.23. The minimum absolute atomic E-state index is 0.471. The smallest absolute Gasteiger partial charge is 0.166 e. The van der Waals surface area contributed by atoms with Gasteiger partial charge in [-0.25, -0.2) is 15.0 Å². The van der Waals surface area contributed by atoms with Crippen LogP contribution >= 0.6 is 0 Å². The van der Waals surface area contributed by atoms with Crippen molar-refractivity contribution in [3.63, 3.8) is 0 Å². The molecule has 4 aromatic rings. The Morgan fingerprint density at radius 1 is 1.00 bits per heavy atom. The molecule has 0 radical (unpaired) electrons. The number of nitrogens with zero attached hydrogens (tertiary/aromatic N) is 4. The van der Waals surface area contributed by atoms with Crippen LogP contribution in [0.1, 0.15) is 0 Å². The van der Waals surface area contributed by atoms with Gasteiger partial charge in [0.25, 0.3) is 0 Å². The third kappa shape index (κ3) is 2.36. The molecule has 0 saturated heterocycles. The first-order valence-electron chi connectivity index (χ1n) is 7.16. The molecule has 0 aliphatic carbocycles. The Morgan fingerprint density at radius 3 is 2.74 bits per heavy atom. The molecule has 2 aromatic carbocycles. The summed E-state index contributed by atoms with van der Waals surface area (Å²) in [5.41, 5.74) is 7.65. The number of benzene rings is 2. The molecule has 0 saturated carbocycles. The summed E-state index contributed by atoms with van der Waals surface area (Å²) in [6, 6.07) is 14.2. The second-order valence-corrected chi connectivity index (χ2v) is 5.08. The molecule has 0 unspecified atom stereocenters. The molecule has 2 heterocycles. The lowest BCUT2D eigenvalue weighted by Gasteiger charge is -2.13. The van der Waals surface area contributed by atoms with Crippen LogP contribution < -0.4 is 11.1 Å². The highest BCUT2D eigenvalue weighted by Crippen LogP contribution is 2.29. The Labute approximate surface area is 132 Å². The molecule has 23 heavy (non-hydrogen) atoms. The van der Waals surface area contributed by atoms with E-state index in [9.17, 15) is 0 Å². The van der Waals surface area contributed by atoms with E-state index in [1.165, 1.54) is 6.33 Å². The van der Waals surface area contributed by atoms with Gasteiger partial charge in [0.05, 0.1) is 0 Å². The number of fused-ring (bicyclic) bond motifs is 1. The fourth-order valence-electron chi connectivity index (χ4n) is 2.54. The van der Waals surface area contributed by atoms with Crippen molar-refractivity contribution in [3.05, 3.63) is 67.5 Å². The molecule has 112 valence electrons. The Bertz CT molecular complexity index is 957. The molecule has 0 aliphatic rings. The van der Waals surface area contributed by atoms with Crippen molar-refractivity contribution >= 4 is 28.0 Å². The monoisotopic (exact) mass is 302 g/mol. The molecular weight excluding hydrogens is 288 g/mol. The normalized spacial score (nSPS) is 10.8. The molecule has 2 aromatic heterocycles. The lowest BCUT2D eigenvalue weighted by atomic mass is 10.1. The number of hydrogen-bond donors (Lipinski definition) is 2. The predicted molar refractivity (Wildman–Crippen MR) is 90.8 cm³/mol. The Balaban J connectivity index is 1.78. The summed E-state index contributed by atoms with van der Waals surface area (Å²) in [6.45, 7) is 0. The summed E-state index contributed by atoms with van der Waals surface area (Å²) < 4.78 is 1.76. The summed E-state index contributed by atoms with van der Waals surface area (Å²) in [7, 11) is 0. The minimum Gasteiger partial charge on any atom is -0.393 e. The Hall–Kier alpha value is -3.41. The average Bonchev–Trinajstić information content (AvgIpc) is 3.11. The van der Waals surface area contributed by atoms with Crippen LogP contribution in [0, 0.1) is 0 Å². The Morgan fingerprint density at radius 2 is 1.87 bits per heavy atom. The van der Waals surface area contributed by atoms with E-state index < -0.39 is 0 Å². The van der Waals surface area contributed by atoms with Crippen LogP contribution in [0.4, 0.5) is 17.2 Å². The van der Waals surface area contributed by atoms with Gasteiger partial charge in [-0.2, -0.15) is 0 Å². The van der Waals surface area contributed by atoms with E-state index in [-0.39, 0.29) is 0 Å². The molecule has 0 fully saturated rings. The second kappa shape index (κ2) is 5.42. The third-order valence-electron chi connectivity index (χ3n) is 3.65. The van der Waals surface area contributed by atoms with Crippen molar-refractivity contribution < 1.29 is 0 Å². The topological polar surface area (TPSA) is 81.6 Å². The number of aromatic nitrogens is 4. The fourth-order valence-corrected chi connectivity index (χ4v) is 2.54. The van der Waals surface area contributed by atoms with Crippen molar-refractivity contribution in [1.82, 2.24) is 19.5 Å². The van der Waals surface area contributed by atoms with Gasteiger partial charge in [-0.15, -0.1) is 0 Å². The van der Waals surface area contributed by atoms with Gasteiger partial charge < -0.3 is 11.1 Å². The van der Waals surface area contributed by atoms with E-state index >= 15 is 0 Å². The van der Waals surface area contributed by atoms with Crippen LogP contribution in [-0.2, 0) is 0 Å². The first-order chi connectivity index (χ1) is 11.3. The van der Waals surface area contributed by atoms with Crippen LogP contribution in [0.5, 0.6) is 0 Å². The zero-order chi connectivity index (χ0) is 15.6. The van der Waals surface area contributed by atoms with E-state index in [0.717, 1.165) is 16.5 Å². The van der Waals surface area contributed by atoms with Crippen LogP contribution in [0.3, 0.4) is 0 Å². The van der Waals surface area contributed by atoms with Gasteiger partial charge in [0.1, 0.15) is 18.3 Å². The molecule has 3 N–H and O–H groups in total. The van der Waals surface area contributed by atoms with Gasteiger partial charge >= 0.3 is 0 Å². The van der Waals surface area contributed by atoms with Crippen molar-refractivity contribution in [2.24, 2.45) is 0 Å². The van der Waals surface area contributed by atoms with Crippen LogP contribution in [0.2, 0.25) is 0 Å². The zero-order valence-corrected chi connectivity index (χ0v) is 12.2. The van der Waals surface area contributed by atoms with Crippen molar-refractivity contribution in [1.29, 1.82) is 0 Å². The molecule has 0 aliphatic heterocycles. The summed E-state index contributed by atoms with van der Waals surface area (Å²) >= 11 is 0. The minimum atomic E-state index is 0.471. The lowest BCUT2D eigenvalue weighted by molar-refractivity contribution is 0.977. The highest BCUT2D eigenvalue weighted by molar-refractivity contribution is 5.96. The van der Waals surface area contributed by atoms with Gasteiger partial charge in [-0.3, -0.25) is 4.57 Å². The molecule has 0 spiro atoms.